The molecule has 0 saturated carbocycles. The van der Waals surface area contributed by atoms with Crippen LogP contribution in [0.15, 0.2) is 34.3 Å². The highest BCUT2D eigenvalue weighted by Crippen LogP contribution is 2.13. The van der Waals surface area contributed by atoms with Crippen LogP contribution in [0.3, 0.4) is 0 Å². The van der Waals surface area contributed by atoms with Gasteiger partial charge in [-0.25, -0.2) is 13.1 Å². The summed E-state index contributed by atoms with van der Waals surface area (Å²) in [6.45, 7) is 8.39. The minimum absolute atomic E-state index is 0.0490. The van der Waals surface area contributed by atoms with Crippen LogP contribution in [0.2, 0.25) is 0 Å². The zero-order chi connectivity index (χ0) is 13.6. The maximum Gasteiger partial charge on any atom is 0.273 e. The Kier molecular flexibility index (Phi) is 5.58. The first-order valence-electron chi connectivity index (χ1n) is 5.88. The maximum absolute atomic E-state index is 11.8. The van der Waals surface area contributed by atoms with Crippen molar-refractivity contribution in [3.05, 3.63) is 30.5 Å². The summed E-state index contributed by atoms with van der Waals surface area (Å²) in [5.74, 6) is 0.604. The Morgan fingerprint density at radius 1 is 1.44 bits per heavy atom. The molecular formula is C12H20N2O3S. The fourth-order valence-electron chi connectivity index (χ4n) is 1.27. The van der Waals surface area contributed by atoms with Gasteiger partial charge in [-0.3, -0.25) is 0 Å². The smallest absolute Gasteiger partial charge is 0.273 e. The Labute approximate surface area is 108 Å². The molecule has 18 heavy (non-hydrogen) atoms. The molecule has 1 rings (SSSR count). The van der Waals surface area contributed by atoms with Crippen LogP contribution in [-0.4, -0.2) is 21.0 Å². The van der Waals surface area contributed by atoms with E-state index in [0.717, 1.165) is 0 Å². The fourth-order valence-corrected chi connectivity index (χ4v) is 2.26. The van der Waals surface area contributed by atoms with Crippen molar-refractivity contribution in [3.8, 4) is 0 Å². The van der Waals surface area contributed by atoms with Crippen molar-refractivity contribution in [1.29, 1.82) is 0 Å². The Morgan fingerprint density at radius 3 is 2.78 bits per heavy atom. The fraction of sp³-hybridized carbons (Fsp3) is 0.500. The summed E-state index contributed by atoms with van der Waals surface area (Å²) in [7, 11) is -3.54. The molecule has 1 aromatic rings. The average molecular weight is 272 g/mol. The van der Waals surface area contributed by atoms with Gasteiger partial charge in [0.1, 0.15) is 5.76 Å². The van der Waals surface area contributed by atoms with Crippen molar-refractivity contribution in [2.24, 2.45) is 0 Å². The van der Waals surface area contributed by atoms with Crippen molar-refractivity contribution in [2.45, 2.75) is 37.9 Å². The lowest BCUT2D eigenvalue weighted by atomic mass is 10.3. The maximum atomic E-state index is 11.8. The van der Waals surface area contributed by atoms with Crippen molar-refractivity contribution in [1.82, 2.24) is 10.0 Å². The highest BCUT2D eigenvalue weighted by Gasteiger charge is 2.17. The van der Waals surface area contributed by atoms with Crippen molar-refractivity contribution in [2.75, 3.05) is 6.54 Å². The summed E-state index contributed by atoms with van der Waals surface area (Å²) in [6, 6.07) is 3.45. The minimum atomic E-state index is -3.54. The summed E-state index contributed by atoms with van der Waals surface area (Å²) in [6.07, 6.45) is 2.24. The van der Waals surface area contributed by atoms with E-state index < -0.39 is 10.0 Å². The summed E-state index contributed by atoms with van der Waals surface area (Å²) >= 11 is 0. The Hall–Kier alpha value is -1.11. The monoisotopic (exact) mass is 272 g/mol. The predicted octanol–water partition coefficient (Wildman–Crippen LogP) is 1.63. The van der Waals surface area contributed by atoms with E-state index in [1.807, 2.05) is 13.8 Å². The molecule has 2 N–H and O–H groups in total. The van der Waals surface area contributed by atoms with Crippen LogP contribution in [0.25, 0.3) is 0 Å². The van der Waals surface area contributed by atoms with E-state index in [4.69, 9.17) is 4.42 Å². The first-order chi connectivity index (χ1) is 8.45. The van der Waals surface area contributed by atoms with E-state index >= 15 is 0 Å². The Morgan fingerprint density at radius 2 is 2.17 bits per heavy atom. The first kappa shape index (κ1) is 14.9. The van der Waals surface area contributed by atoms with Gasteiger partial charge >= 0.3 is 0 Å². The molecule has 0 aliphatic rings. The van der Waals surface area contributed by atoms with Gasteiger partial charge in [-0.05, 0) is 18.6 Å². The van der Waals surface area contributed by atoms with Crippen LogP contribution in [0.4, 0.5) is 0 Å². The predicted molar refractivity (Wildman–Crippen MR) is 70.7 cm³/mol. The largest absolute Gasteiger partial charge is 0.447 e. The molecule has 0 saturated heterocycles. The second-order valence-electron chi connectivity index (χ2n) is 4.23. The topological polar surface area (TPSA) is 71.3 Å². The average Bonchev–Trinajstić information content (AvgIpc) is 2.76. The zero-order valence-electron chi connectivity index (χ0n) is 10.8. The molecule has 1 heterocycles. The van der Waals surface area contributed by atoms with Crippen LogP contribution in [-0.2, 0) is 16.6 Å². The summed E-state index contributed by atoms with van der Waals surface area (Å²) < 4.78 is 31.3. The third kappa shape index (κ3) is 4.64. The Balaban J connectivity index is 2.63. The number of furan rings is 1. The molecule has 1 aromatic heterocycles. The summed E-state index contributed by atoms with van der Waals surface area (Å²) in [5, 5.41) is 3.11. The highest BCUT2D eigenvalue weighted by molar-refractivity contribution is 7.89. The van der Waals surface area contributed by atoms with Crippen LogP contribution < -0.4 is 10.0 Å². The van der Waals surface area contributed by atoms with Gasteiger partial charge in [0.2, 0.25) is 5.09 Å². The normalized spacial score (nSPS) is 11.9. The summed E-state index contributed by atoms with van der Waals surface area (Å²) in [4.78, 5) is 0. The zero-order valence-corrected chi connectivity index (χ0v) is 11.6. The quantitative estimate of drug-likeness (QED) is 0.557. The van der Waals surface area contributed by atoms with Gasteiger partial charge in [0.15, 0.2) is 0 Å². The third-order valence-electron chi connectivity index (χ3n) is 2.23. The summed E-state index contributed by atoms with van der Waals surface area (Å²) in [5.41, 5.74) is 0. The molecule has 0 aliphatic carbocycles. The van der Waals surface area contributed by atoms with E-state index in [1.54, 1.807) is 12.1 Å². The van der Waals surface area contributed by atoms with Gasteiger partial charge < -0.3 is 9.73 Å². The number of hydrogen-bond donors (Lipinski definition) is 2. The molecule has 0 aliphatic heterocycles. The van der Waals surface area contributed by atoms with E-state index in [-0.39, 0.29) is 5.09 Å². The van der Waals surface area contributed by atoms with Gasteiger partial charge in [-0.15, -0.1) is 6.58 Å². The second kappa shape index (κ2) is 6.72. The van der Waals surface area contributed by atoms with Crippen LogP contribution >= 0.6 is 0 Å². The number of nitrogens with one attached hydrogen (secondary N) is 2. The van der Waals surface area contributed by atoms with E-state index in [1.165, 1.54) is 6.07 Å². The van der Waals surface area contributed by atoms with E-state index in [0.29, 0.717) is 31.3 Å². The third-order valence-corrected chi connectivity index (χ3v) is 3.56. The SMILES string of the molecule is C=CCCNS(=O)(=O)c1ccc(CNC(C)C)o1. The molecule has 0 unspecified atom stereocenters. The molecule has 0 radical (unpaired) electrons. The molecule has 102 valence electrons. The van der Waals surface area contributed by atoms with Crippen molar-refractivity contribution < 1.29 is 12.8 Å². The van der Waals surface area contributed by atoms with E-state index in [9.17, 15) is 8.42 Å². The molecule has 6 heteroatoms. The lowest BCUT2D eigenvalue weighted by molar-refractivity contribution is 0.393. The van der Waals surface area contributed by atoms with E-state index in [2.05, 4.69) is 16.6 Å². The minimum Gasteiger partial charge on any atom is -0.447 e. The van der Waals surface area contributed by atoms with Gasteiger partial charge in [-0.2, -0.15) is 0 Å². The molecule has 0 amide bonds. The number of hydrogen-bond acceptors (Lipinski definition) is 4. The lowest BCUT2D eigenvalue weighted by Gasteiger charge is -2.05. The van der Waals surface area contributed by atoms with Gasteiger partial charge in [-0.1, -0.05) is 19.9 Å². The molecule has 0 aromatic carbocycles. The molecule has 0 fully saturated rings. The molecule has 0 bridgehead atoms. The van der Waals surface area contributed by atoms with Crippen LogP contribution in [0.5, 0.6) is 0 Å². The van der Waals surface area contributed by atoms with Gasteiger partial charge in [0, 0.05) is 12.6 Å². The lowest BCUT2D eigenvalue weighted by Crippen LogP contribution is -2.24. The highest BCUT2D eigenvalue weighted by atomic mass is 32.2. The molecule has 0 atom stereocenters. The number of rotatable bonds is 8. The standard InChI is InChI=1S/C12H20N2O3S/c1-4-5-8-14-18(15,16)12-7-6-11(17-12)9-13-10(2)3/h4,6-7,10,13-14H,1,5,8-9H2,2-3H3. The molecule has 5 nitrogen and oxygen atoms in total. The molecular weight excluding hydrogens is 252 g/mol. The Bertz CT molecular complexity index is 477. The molecule has 0 spiro atoms. The van der Waals surface area contributed by atoms with Crippen molar-refractivity contribution in [3.63, 3.8) is 0 Å². The van der Waals surface area contributed by atoms with Gasteiger partial charge in [0.05, 0.1) is 6.54 Å². The number of sulfonamides is 1. The van der Waals surface area contributed by atoms with Crippen LogP contribution in [0.1, 0.15) is 26.0 Å². The van der Waals surface area contributed by atoms with Crippen LogP contribution in [0, 0.1) is 0 Å². The van der Waals surface area contributed by atoms with Gasteiger partial charge in [0.25, 0.3) is 10.0 Å². The first-order valence-corrected chi connectivity index (χ1v) is 7.36. The van der Waals surface area contributed by atoms with Crippen molar-refractivity contribution >= 4 is 10.0 Å². The second-order valence-corrected chi connectivity index (χ2v) is 5.93.